The molecule has 3 rings (SSSR count). The van der Waals surface area contributed by atoms with Crippen LogP contribution in [0, 0.1) is 0 Å². The summed E-state index contributed by atoms with van der Waals surface area (Å²) in [6.07, 6.45) is 0. The van der Waals surface area contributed by atoms with Crippen molar-refractivity contribution in [3.63, 3.8) is 0 Å². The van der Waals surface area contributed by atoms with Gasteiger partial charge in [-0.3, -0.25) is 4.79 Å². The number of aromatic hydroxyl groups is 1. The average molecular weight is 345 g/mol. The van der Waals surface area contributed by atoms with Crippen LogP contribution in [-0.2, 0) is 0 Å². The molecule has 116 valence electrons. The van der Waals surface area contributed by atoms with Gasteiger partial charge in [0, 0.05) is 10.1 Å². The number of halogens is 1. The largest absolute Gasteiger partial charge is 0.508 e. The summed E-state index contributed by atoms with van der Waals surface area (Å²) in [7, 11) is 0. The van der Waals surface area contributed by atoms with Crippen molar-refractivity contribution < 1.29 is 9.90 Å². The first-order chi connectivity index (χ1) is 11.1. The van der Waals surface area contributed by atoms with Crippen LogP contribution in [0.2, 0.25) is 5.02 Å². The van der Waals surface area contributed by atoms with Gasteiger partial charge in [0.2, 0.25) is 0 Å². The van der Waals surface area contributed by atoms with E-state index >= 15 is 0 Å². The zero-order valence-electron chi connectivity index (χ0n) is 12.2. The minimum atomic E-state index is -0.339. The molecule has 1 aromatic heterocycles. The number of hydrogen-bond donors (Lipinski definition) is 2. The van der Waals surface area contributed by atoms with Crippen molar-refractivity contribution >= 4 is 44.6 Å². The Balaban J connectivity index is 1.81. The van der Waals surface area contributed by atoms with Crippen LogP contribution in [0.1, 0.15) is 22.2 Å². The quantitative estimate of drug-likeness (QED) is 0.546. The molecule has 6 heteroatoms. The highest BCUT2D eigenvalue weighted by Crippen LogP contribution is 2.34. The van der Waals surface area contributed by atoms with Crippen LogP contribution in [0.4, 0.5) is 0 Å². The van der Waals surface area contributed by atoms with Crippen LogP contribution in [0.3, 0.4) is 0 Å². The summed E-state index contributed by atoms with van der Waals surface area (Å²) >= 11 is 7.61. The van der Waals surface area contributed by atoms with E-state index in [1.807, 2.05) is 24.3 Å². The zero-order valence-corrected chi connectivity index (χ0v) is 13.8. The van der Waals surface area contributed by atoms with Gasteiger partial charge in [-0.2, -0.15) is 5.10 Å². The Hall–Kier alpha value is -2.37. The summed E-state index contributed by atoms with van der Waals surface area (Å²) in [4.78, 5) is 12.7. The molecule has 0 bridgehead atoms. The molecule has 0 unspecified atom stereocenters. The second-order valence-electron chi connectivity index (χ2n) is 4.93. The number of benzene rings is 2. The van der Waals surface area contributed by atoms with E-state index < -0.39 is 0 Å². The number of nitrogens with one attached hydrogen (secondary N) is 1. The van der Waals surface area contributed by atoms with Crippen molar-refractivity contribution in [1.82, 2.24) is 5.43 Å². The summed E-state index contributed by atoms with van der Waals surface area (Å²) in [5, 5.41) is 14.7. The zero-order chi connectivity index (χ0) is 16.4. The Bertz CT molecular complexity index is 901. The number of carbonyl (C=O) groups excluding carboxylic acids is 1. The molecule has 0 saturated carbocycles. The highest BCUT2D eigenvalue weighted by atomic mass is 35.5. The normalized spacial score (nSPS) is 11.7. The molecule has 3 aromatic rings. The molecule has 1 heterocycles. The van der Waals surface area contributed by atoms with E-state index in [4.69, 9.17) is 11.6 Å². The number of thiophene rings is 1. The highest BCUT2D eigenvalue weighted by Gasteiger charge is 2.16. The van der Waals surface area contributed by atoms with Crippen molar-refractivity contribution in [3.05, 3.63) is 64.0 Å². The number of amides is 1. The average Bonchev–Trinajstić information content (AvgIpc) is 2.90. The van der Waals surface area contributed by atoms with Crippen molar-refractivity contribution in [2.75, 3.05) is 0 Å². The van der Waals surface area contributed by atoms with Gasteiger partial charge in [-0.25, -0.2) is 5.43 Å². The first-order valence-corrected chi connectivity index (χ1v) is 8.07. The Kier molecular flexibility index (Phi) is 4.32. The van der Waals surface area contributed by atoms with Crippen LogP contribution in [0.25, 0.3) is 10.1 Å². The van der Waals surface area contributed by atoms with E-state index in [2.05, 4.69) is 10.5 Å². The van der Waals surface area contributed by atoms with Crippen molar-refractivity contribution in [2.24, 2.45) is 5.10 Å². The molecule has 2 aromatic carbocycles. The summed E-state index contributed by atoms with van der Waals surface area (Å²) in [6.45, 7) is 1.78. The number of hydrogen-bond acceptors (Lipinski definition) is 4. The predicted molar refractivity (Wildman–Crippen MR) is 94.6 cm³/mol. The third-order valence-electron chi connectivity index (χ3n) is 3.35. The minimum Gasteiger partial charge on any atom is -0.508 e. The highest BCUT2D eigenvalue weighted by molar-refractivity contribution is 7.21. The summed E-state index contributed by atoms with van der Waals surface area (Å²) in [5.74, 6) is -0.156. The fraction of sp³-hybridized carbons (Fsp3) is 0.0588. The first kappa shape index (κ1) is 15.5. The second kappa shape index (κ2) is 6.40. The van der Waals surface area contributed by atoms with Gasteiger partial charge in [-0.1, -0.05) is 29.8 Å². The molecule has 0 fully saturated rings. The SMILES string of the molecule is CC(=NNC(=O)c1sc2ccccc2c1Cl)c1ccc(O)cc1. The van der Waals surface area contributed by atoms with Crippen LogP contribution >= 0.6 is 22.9 Å². The third kappa shape index (κ3) is 3.21. The Labute approximate surface area is 142 Å². The van der Waals surface area contributed by atoms with Gasteiger partial charge in [0.05, 0.1) is 10.7 Å². The van der Waals surface area contributed by atoms with Crippen LogP contribution in [0.5, 0.6) is 5.75 Å². The molecular formula is C17H13ClN2O2S. The molecule has 0 aliphatic heterocycles. The third-order valence-corrected chi connectivity index (χ3v) is 5.03. The van der Waals surface area contributed by atoms with Gasteiger partial charge >= 0.3 is 0 Å². The number of fused-ring (bicyclic) bond motifs is 1. The van der Waals surface area contributed by atoms with E-state index in [0.717, 1.165) is 15.6 Å². The van der Waals surface area contributed by atoms with Gasteiger partial charge in [0.15, 0.2) is 0 Å². The topological polar surface area (TPSA) is 61.7 Å². The van der Waals surface area contributed by atoms with E-state index in [-0.39, 0.29) is 11.7 Å². The van der Waals surface area contributed by atoms with Crippen molar-refractivity contribution in [2.45, 2.75) is 6.92 Å². The lowest BCUT2D eigenvalue weighted by Gasteiger charge is -2.02. The molecule has 1 amide bonds. The van der Waals surface area contributed by atoms with E-state index in [0.29, 0.717) is 15.6 Å². The van der Waals surface area contributed by atoms with Crippen molar-refractivity contribution in [3.8, 4) is 5.75 Å². The summed E-state index contributed by atoms with van der Waals surface area (Å²) in [5.41, 5.74) is 3.97. The molecule has 23 heavy (non-hydrogen) atoms. The number of phenolic OH excluding ortho intramolecular Hbond substituents is 1. The number of phenols is 1. The summed E-state index contributed by atoms with van der Waals surface area (Å²) in [6, 6.07) is 14.2. The first-order valence-electron chi connectivity index (χ1n) is 6.87. The lowest BCUT2D eigenvalue weighted by molar-refractivity contribution is 0.0959. The summed E-state index contributed by atoms with van der Waals surface area (Å²) < 4.78 is 0.960. The maximum absolute atomic E-state index is 12.3. The maximum atomic E-state index is 12.3. The number of nitrogens with zero attached hydrogens (tertiary/aromatic N) is 1. The van der Waals surface area contributed by atoms with Crippen LogP contribution < -0.4 is 5.43 Å². The molecule has 2 N–H and O–H groups in total. The second-order valence-corrected chi connectivity index (χ2v) is 6.36. The number of hydrazone groups is 1. The predicted octanol–water partition coefficient (Wildman–Crippen LogP) is 4.41. The fourth-order valence-corrected chi connectivity index (χ4v) is 3.52. The molecule has 4 nitrogen and oxygen atoms in total. The van der Waals surface area contributed by atoms with Gasteiger partial charge in [0.25, 0.3) is 5.91 Å². The molecule has 0 atom stereocenters. The molecule has 0 radical (unpaired) electrons. The van der Waals surface area contributed by atoms with Gasteiger partial charge < -0.3 is 5.11 Å². The van der Waals surface area contributed by atoms with E-state index in [9.17, 15) is 9.90 Å². The van der Waals surface area contributed by atoms with Crippen LogP contribution in [0.15, 0.2) is 53.6 Å². The Morgan fingerprint density at radius 3 is 2.57 bits per heavy atom. The van der Waals surface area contributed by atoms with Gasteiger partial charge in [-0.15, -0.1) is 11.3 Å². The smallest absolute Gasteiger partial charge is 0.283 e. The Morgan fingerprint density at radius 1 is 1.17 bits per heavy atom. The lowest BCUT2D eigenvalue weighted by atomic mass is 10.1. The van der Waals surface area contributed by atoms with Crippen LogP contribution in [-0.4, -0.2) is 16.7 Å². The van der Waals surface area contributed by atoms with Gasteiger partial charge in [0.1, 0.15) is 10.6 Å². The standard InChI is InChI=1S/C17H13ClN2O2S/c1-10(11-6-8-12(21)9-7-11)19-20-17(22)16-15(18)13-4-2-3-5-14(13)23-16/h2-9,21H,1H3,(H,20,22). The molecule has 0 saturated heterocycles. The monoisotopic (exact) mass is 344 g/mol. The van der Waals surface area contributed by atoms with E-state index in [1.54, 1.807) is 31.2 Å². The molecule has 0 aliphatic carbocycles. The number of carbonyl (C=O) groups is 1. The molecular weight excluding hydrogens is 332 g/mol. The minimum absolute atomic E-state index is 0.183. The Morgan fingerprint density at radius 2 is 1.87 bits per heavy atom. The van der Waals surface area contributed by atoms with Gasteiger partial charge in [-0.05, 0) is 42.8 Å². The lowest BCUT2D eigenvalue weighted by Crippen LogP contribution is -2.18. The van der Waals surface area contributed by atoms with Crippen molar-refractivity contribution in [1.29, 1.82) is 0 Å². The number of rotatable bonds is 3. The fourth-order valence-electron chi connectivity index (χ4n) is 2.11. The maximum Gasteiger partial charge on any atom is 0.283 e. The van der Waals surface area contributed by atoms with E-state index in [1.165, 1.54) is 11.3 Å². The molecule has 0 aliphatic rings. The molecule has 0 spiro atoms.